The summed E-state index contributed by atoms with van der Waals surface area (Å²) in [7, 11) is 0. The number of nitrogens with zero attached hydrogens (tertiary/aromatic N) is 3. The molecular weight excluding hydrogens is 274 g/mol. The Morgan fingerprint density at radius 3 is 2.95 bits per heavy atom. The maximum Gasteiger partial charge on any atom is 0.333 e. The molecule has 1 N–H and O–H groups in total. The highest BCUT2D eigenvalue weighted by Crippen LogP contribution is 2.28. The number of fused-ring (bicyclic) bond motifs is 1. The highest BCUT2D eigenvalue weighted by molar-refractivity contribution is 7.22. The van der Waals surface area contributed by atoms with Crippen molar-refractivity contribution in [2.45, 2.75) is 0 Å². The van der Waals surface area contributed by atoms with Crippen LogP contribution >= 0.6 is 11.3 Å². The summed E-state index contributed by atoms with van der Waals surface area (Å²) in [6.45, 7) is 0. The molecule has 0 radical (unpaired) electrons. The standard InChI is InChI=1S/C11H6F2N4OS/c12-6-3-7(13)9-8(4-6)19-10(15-9)16-11(18)17-2-1-14-5-17/h1-5H,(H,15,16,18). The van der Waals surface area contributed by atoms with Gasteiger partial charge in [0.25, 0.3) is 0 Å². The van der Waals surface area contributed by atoms with Crippen molar-refractivity contribution in [1.82, 2.24) is 14.5 Å². The van der Waals surface area contributed by atoms with E-state index in [1.165, 1.54) is 29.4 Å². The molecule has 0 aliphatic carbocycles. The number of benzene rings is 1. The Morgan fingerprint density at radius 1 is 1.37 bits per heavy atom. The Balaban J connectivity index is 1.94. The Labute approximate surface area is 109 Å². The SMILES string of the molecule is O=C(Nc1nc2c(F)cc(F)cc2s1)n1ccnc1. The molecule has 0 saturated heterocycles. The molecule has 96 valence electrons. The van der Waals surface area contributed by atoms with E-state index in [0.717, 1.165) is 17.4 Å². The van der Waals surface area contributed by atoms with Crippen LogP contribution in [0.1, 0.15) is 0 Å². The largest absolute Gasteiger partial charge is 0.333 e. The lowest BCUT2D eigenvalue weighted by atomic mass is 10.3. The molecule has 0 aliphatic rings. The van der Waals surface area contributed by atoms with Crippen LogP contribution in [0.3, 0.4) is 0 Å². The number of imidazole rings is 1. The van der Waals surface area contributed by atoms with E-state index in [1.807, 2.05) is 0 Å². The molecule has 2 heterocycles. The quantitative estimate of drug-likeness (QED) is 0.745. The summed E-state index contributed by atoms with van der Waals surface area (Å²) in [6.07, 6.45) is 4.23. The van der Waals surface area contributed by atoms with Gasteiger partial charge in [0.2, 0.25) is 0 Å². The van der Waals surface area contributed by atoms with Crippen molar-refractivity contribution in [3.8, 4) is 0 Å². The number of hydrogen-bond acceptors (Lipinski definition) is 4. The third-order valence-electron chi connectivity index (χ3n) is 2.37. The number of carbonyl (C=O) groups excluding carboxylic acids is 1. The van der Waals surface area contributed by atoms with E-state index in [-0.39, 0.29) is 10.6 Å². The van der Waals surface area contributed by atoms with Gasteiger partial charge in [-0.1, -0.05) is 11.3 Å². The van der Waals surface area contributed by atoms with E-state index in [4.69, 9.17) is 0 Å². The van der Waals surface area contributed by atoms with Gasteiger partial charge in [-0.3, -0.25) is 9.88 Å². The van der Waals surface area contributed by atoms with Gasteiger partial charge in [0.1, 0.15) is 17.7 Å². The fourth-order valence-electron chi connectivity index (χ4n) is 1.55. The molecule has 3 aromatic rings. The highest BCUT2D eigenvalue weighted by Gasteiger charge is 2.12. The molecule has 0 saturated carbocycles. The molecule has 19 heavy (non-hydrogen) atoms. The number of carbonyl (C=O) groups is 1. The molecule has 0 fully saturated rings. The number of nitrogens with one attached hydrogen (secondary N) is 1. The van der Waals surface area contributed by atoms with Crippen molar-refractivity contribution >= 4 is 32.7 Å². The zero-order chi connectivity index (χ0) is 13.4. The summed E-state index contributed by atoms with van der Waals surface area (Å²) < 4.78 is 28.0. The van der Waals surface area contributed by atoms with Gasteiger partial charge in [-0.15, -0.1) is 0 Å². The normalized spacial score (nSPS) is 10.8. The predicted molar refractivity (Wildman–Crippen MR) is 66.2 cm³/mol. The third kappa shape index (κ3) is 2.17. The molecule has 3 rings (SSSR count). The first kappa shape index (κ1) is 11.7. The minimum absolute atomic E-state index is 0.0346. The van der Waals surface area contributed by atoms with Gasteiger partial charge in [0.15, 0.2) is 10.9 Å². The van der Waals surface area contributed by atoms with Crippen LogP contribution in [0.25, 0.3) is 10.2 Å². The van der Waals surface area contributed by atoms with Crippen molar-refractivity contribution < 1.29 is 13.6 Å². The van der Waals surface area contributed by atoms with Crippen molar-refractivity contribution in [3.63, 3.8) is 0 Å². The van der Waals surface area contributed by atoms with Crippen LogP contribution < -0.4 is 5.32 Å². The van der Waals surface area contributed by atoms with Gasteiger partial charge in [-0.2, -0.15) is 0 Å². The molecule has 5 nitrogen and oxygen atoms in total. The number of anilines is 1. The van der Waals surface area contributed by atoms with E-state index >= 15 is 0 Å². The number of amides is 1. The number of halogens is 2. The summed E-state index contributed by atoms with van der Waals surface area (Å²) in [5, 5.41) is 2.68. The predicted octanol–water partition coefficient (Wildman–Crippen LogP) is 2.85. The average Bonchev–Trinajstić information content (AvgIpc) is 2.96. The van der Waals surface area contributed by atoms with Gasteiger partial charge >= 0.3 is 6.03 Å². The molecule has 0 unspecified atom stereocenters. The minimum atomic E-state index is -0.755. The van der Waals surface area contributed by atoms with Crippen LogP contribution in [0.2, 0.25) is 0 Å². The number of hydrogen-bond donors (Lipinski definition) is 1. The third-order valence-corrected chi connectivity index (χ3v) is 3.28. The molecule has 0 bridgehead atoms. The molecule has 0 spiro atoms. The number of rotatable bonds is 1. The van der Waals surface area contributed by atoms with Crippen molar-refractivity contribution in [1.29, 1.82) is 0 Å². The Morgan fingerprint density at radius 2 is 2.21 bits per heavy atom. The summed E-state index contributed by atoms with van der Waals surface area (Å²) >= 11 is 0.994. The van der Waals surface area contributed by atoms with E-state index in [1.54, 1.807) is 0 Å². The second kappa shape index (κ2) is 4.39. The zero-order valence-electron chi connectivity index (χ0n) is 9.30. The van der Waals surface area contributed by atoms with Gasteiger partial charge in [0.05, 0.1) is 4.70 Å². The molecule has 2 aromatic heterocycles. The topological polar surface area (TPSA) is 59.8 Å². The number of aromatic nitrogens is 3. The van der Waals surface area contributed by atoms with Crippen molar-refractivity contribution in [2.24, 2.45) is 0 Å². The van der Waals surface area contributed by atoms with Crippen molar-refractivity contribution in [2.75, 3.05) is 5.32 Å². The van der Waals surface area contributed by atoms with Crippen LogP contribution in [0.4, 0.5) is 18.7 Å². The van der Waals surface area contributed by atoms with E-state index < -0.39 is 17.7 Å². The Hall–Kier alpha value is -2.35. The van der Waals surface area contributed by atoms with E-state index in [9.17, 15) is 13.6 Å². The lowest BCUT2D eigenvalue weighted by Gasteiger charge is -1.99. The van der Waals surface area contributed by atoms with Crippen LogP contribution in [-0.4, -0.2) is 20.6 Å². The smallest absolute Gasteiger partial charge is 0.283 e. The van der Waals surface area contributed by atoms with Gasteiger partial charge in [-0.05, 0) is 6.07 Å². The first-order chi connectivity index (χ1) is 9.13. The average molecular weight is 280 g/mol. The first-order valence-electron chi connectivity index (χ1n) is 5.18. The molecular formula is C11H6F2N4OS. The van der Waals surface area contributed by atoms with Crippen LogP contribution in [0, 0.1) is 11.6 Å². The van der Waals surface area contributed by atoms with Crippen LogP contribution in [-0.2, 0) is 0 Å². The van der Waals surface area contributed by atoms with E-state index in [2.05, 4.69) is 15.3 Å². The summed E-state index contributed by atoms with van der Waals surface area (Å²) in [5.74, 6) is -1.43. The maximum atomic E-state index is 13.4. The Kier molecular flexibility index (Phi) is 2.71. The molecule has 1 aromatic carbocycles. The Bertz CT molecular complexity index is 753. The van der Waals surface area contributed by atoms with E-state index in [0.29, 0.717) is 4.70 Å². The van der Waals surface area contributed by atoms with Gasteiger partial charge in [0, 0.05) is 18.5 Å². The summed E-state index contributed by atoms with van der Waals surface area (Å²) in [6, 6.07) is 1.45. The molecule has 8 heteroatoms. The zero-order valence-corrected chi connectivity index (χ0v) is 10.1. The van der Waals surface area contributed by atoms with Crippen molar-refractivity contribution in [3.05, 3.63) is 42.5 Å². The van der Waals surface area contributed by atoms with Gasteiger partial charge < -0.3 is 0 Å². The lowest BCUT2D eigenvalue weighted by molar-refractivity contribution is 0.253. The fourth-order valence-corrected chi connectivity index (χ4v) is 2.44. The monoisotopic (exact) mass is 280 g/mol. The molecule has 0 atom stereocenters. The second-order valence-electron chi connectivity index (χ2n) is 3.65. The summed E-state index contributed by atoms with van der Waals surface area (Å²) in [5.41, 5.74) is 0.0346. The number of thiazole rings is 1. The minimum Gasteiger partial charge on any atom is -0.283 e. The summed E-state index contributed by atoms with van der Waals surface area (Å²) in [4.78, 5) is 19.4. The highest BCUT2D eigenvalue weighted by atomic mass is 32.1. The van der Waals surface area contributed by atoms with Crippen LogP contribution in [0.5, 0.6) is 0 Å². The lowest BCUT2D eigenvalue weighted by Crippen LogP contribution is -2.17. The fraction of sp³-hybridized carbons (Fsp3) is 0. The van der Waals surface area contributed by atoms with Crippen LogP contribution in [0.15, 0.2) is 30.9 Å². The van der Waals surface area contributed by atoms with Gasteiger partial charge in [-0.25, -0.2) is 23.5 Å². The molecule has 1 amide bonds. The maximum absolute atomic E-state index is 13.4. The first-order valence-corrected chi connectivity index (χ1v) is 6.00. The molecule has 0 aliphatic heterocycles. The second-order valence-corrected chi connectivity index (χ2v) is 4.68.